The molecule has 1 aliphatic heterocycles. The van der Waals surface area contributed by atoms with E-state index in [0.717, 1.165) is 21.3 Å². The average molecular weight is 444 g/mol. The maximum Gasteiger partial charge on any atom is 0.259 e. The lowest BCUT2D eigenvalue weighted by atomic mass is 10.0. The average Bonchev–Trinajstić information content (AvgIpc) is 2.91. The smallest absolute Gasteiger partial charge is 0.259 e. The molecule has 0 aliphatic carbocycles. The Morgan fingerprint density at radius 3 is 2.36 bits per heavy atom. The molecule has 0 bridgehead atoms. The van der Waals surface area contributed by atoms with Crippen LogP contribution in [0.15, 0.2) is 40.9 Å². The van der Waals surface area contributed by atoms with Crippen LogP contribution in [0.2, 0.25) is 0 Å². The van der Waals surface area contributed by atoms with Gasteiger partial charge in [-0.05, 0) is 49.6 Å². The highest BCUT2D eigenvalue weighted by atomic mass is 79.9. The lowest BCUT2D eigenvalue weighted by Crippen LogP contribution is -2.30. The molecule has 0 saturated heterocycles. The number of halogens is 1. The molecule has 1 heterocycles. The highest BCUT2D eigenvalue weighted by Gasteiger charge is 2.32. The van der Waals surface area contributed by atoms with Crippen molar-refractivity contribution in [2.75, 3.05) is 24.7 Å². The summed E-state index contributed by atoms with van der Waals surface area (Å²) in [5.41, 5.74) is 3.52. The second kappa shape index (κ2) is 8.82. The molecule has 1 aliphatic rings. The van der Waals surface area contributed by atoms with Crippen LogP contribution in [0.5, 0.6) is 11.5 Å². The summed E-state index contributed by atoms with van der Waals surface area (Å²) >= 11 is 3.62. The topological polar surface area (TPSA) is 38.8 Å². The Morgan fingerprint density at radius 2 is 1.71 bits per heavy atom. The largest absolute Gasteiger partial charge is 0.490 e. The highest BCUT2D eigenvalue weighted by Crippen LogP contribution is 2.40. The molecular formula is C23H26BrNO3. The molecule has 28 heavy (non-hydrogen) atoms. The Balaban J connectivity index is 2.08. The van der Waals surface area contributed by atoms with Gasteiger partial charge in [0.05, 0.1) is 18.9 Å². The second-order valence-electron chi connectivity index (χ2n) is 7.07. The van der Waals surface area contributed by atoms with E-state index < -0.39 is 0 Å². The van der Waals surface area contributed by atoms with Crippen LogP contribution in [0.1, 0.15) is 38.8 Å². The molecule has 2 aromatic rings. The molecule has 0 N–H and O–H groups in total. The maximum atomic E-state index is 13.2. The van der Waals surface area contributed by atoms with Crippen molar-refractivity contribution in [2.45, 2.75) is 27.7 Å². The quantitative estimate of drug-likeness (QED) is 0.508. The van der Waals surface area contributed by atoms with Gasteiger partial charge in [-0.2, -0.15) is 0 Å². The van der Waals surface area contributed by atoms with E-state index in [0.29, 0.717) is 42.7 Å². The van der Waals surface area contributed by atoms with E-state index in [1.807, 2.05) is 61.2 Å². The number of carbonyl (C=O) groups excluding carboxylic acids is 1. The Labute approximate surface area is 175 Å². The summed E-state index contributed by atoms with van der Waals surface area (Å²) in [6.45, 7) is 9.92. The van der Waals surface area contributed by atoms with Gasteiger partial charge in [-0.1, -0.05) is 48.0 Å². The van der Waals surface area contributed by atoms with Gasteiger partial charge in [-0.25, -0.2) is 0 Å². The molecule has 0 saturated carbocycles. The SMILES string of the molecule is CCOc1cc(Br)c(/C=C2\C(=O)N(CC(C)C)c3ccccc32)cc1OCC. The lowest BCUT2D eigenvalue weighted by molar-refractivity contribution is -0.113. The van der Waals surface area contributed by atoms with Crippen LogP contribution < -0.4 is 14.4 Å². The van der Waals surface area contributed by atoms with Crippen molar-refractivity contribution < 1.29 is 14.3 Å². The molecule has 1 amide bonds. The zero-order chi connectivity index (χ0) is 20.3. The molecule has 4 nitrogen and oxygen atoms in total. The number of carbonyl (C=O) groups is 1. The molecule has 0 unspecified atom stereocenters. The third kappa shape index (κ3) is 4.09. The van der Waals surface area contributed by atoms with Crippen molar-refractivity contribution >= 4 is 39.2 Å². The van der Waals surface area contributed by atoms with Gasteiger partial charge in [0, 0.05) is 22.2 Å². The molecular weight excluding hydrogens is 418 g/mol. The van der Waals surface area contributed by atoms with Crippen LogP contribution in [0, 0.1) is 5.92 Å². The minimum atomic E-state index is 0.0358. The summed E-state index contributed by atoms with van der Waals surface area (Å²) in [6.07, 6.45) is 1.93. The van der Waals surface area contributed by atoms with Crippen molar-refractivity contribution in [2.24, 2.45) is 5.92 Å². The minimum Gasteiger partial charge on any atom is -0.490 e. The third-order valence-electron chi connectivity index (χ3n) is 4.47. The van der Waals surface area contributed by atoms with Gasteiger partial charge in [0.2, 0.25) is 0 Å². The number of ether oxygens (including phenoxy) is 2. The zero-order valence-electron chi connectivity index (χ0n) is 16.8. The van der Waals surface area contributed by atoms with E-state index in [9.17, 15) is 4.79 Å². The summed E-state index contributed by atoms with van der Waals surface area (Å²) in [5.74, 6) is 1.79. The number of hydrogen-bond donors (Lipinski definition) is 0. The number of hydrogen-bond acceptors (Lipinski definition) is 3. The first-order chi connectivity index (χ1) is 13.5. The van der Waals surface area contributed by atoms with E-state index in [1.54, 1.807) is 0 Å². The number of nitrogens with zero attached hydrogens (tertiary/aromatic N) is 1. The Hall–Kier alpha value is -2.27. The molecule has 0 fully saturated rings. The molecule has 3 rings (SSSR count). The summed E-state index contributed by atoms with van der Waals surface area (Å²) in [6, 6.07) is 11.8. The van der Waals surface area contributed by atoms with Crippen molar-refractivity contribution in [3.05, 3.63) is 52.0 Å². The zero-order valence-corrected chi connectivity index (χ0v) is 18.4. The maximum absolute atomic E-state index is 13.2. The standard InChI is InChI=1S/C23H26BrNO3/c1-5-27-21-12-16(19(24)13-22(21)28-6-2)11-18-17-9-7-8-10-20(17)25(23(18)26)14-15(3)4/h7-13,15H,5-6,14H2,1-4H3/b18-11-. The Morgan fingerprint density at radius 1 is 1.07 bits per heavy atom. The van der Waals surface area contributed by atoms with E-state index in [-0.39, 0.29) is 5.91 Å². The van der Waals surface area contributed by atoms with Crippen LogP contribution in [0.25, 0.3) is 11.6 Å². The Kier molecular flexibility index (Phi) is 6.45. The monoisotopic (exact) mass is 443 g/mol. The number of anilines is 1. The van der Waals surface area contributed by atoms with Crippen molar-refractivity contribution in [3.63, 3.8) is 0 Å². The van der Waals surface area contributed by atoms with E-state index in [1.165, 1.54) is 0 Å². The molecule has 5 heteroatoms. The first-order valence-electron chi connectivity index (χ1n) is 9.68. The van der Waals surface area contributed by atoms with Crippen LogP contribution in [0.4, 0.5) is 5.69 Å². The van der Waals surface area contributed by atoms with Crippen LogP contribution in [-0.4, -0.2) is 25.7 Å². The van der Waals surface area contributed by atoms with Crippen molar-refractivity contribution in [1.82, 2.24) is 0 Å². The van der Waals surface area contributed by atoms with Crippen LogP contribution in [0.3, 0.4) is 0 Å². The summed E-state index contributed by atoms with van der Waals surface area (Å²) in [5, 5.41) is 0. The van der Waals surface area contributed by atoms with Gasteiger partial charge >= 0.3 is 0 Å². The summed E-state index contributed by atoms with van der Waals surface area (Å²) in [4.78, 5) is 15.1. The summed E-state index contributed by atoms with van der Waals surface area (Å²) < 4.78 is 12.3. The van der Waals surface area contributed by atoms with Gasteiger partial charge in [0.15, 0.2) is 11.5 Å². The molecule has 0 atom stereocenters. The van der Waals surface area contributed by atoms with E-state index >= 15 is 0 Å². The number of fused-ring (bicyclic) bond motifs is 1. The van der Waals surface area contributed by atoms with E-state index in [2.05, 4.69) is 29.8 Å². The molecule has 0 radical (unpaired) electrons. The summed E-state index contributed by atoms with van der Waals surface area (Å²) in [7, 11) is 0. The number of amides is 1. The fraction of sp³-hybridized carbons (Fsp3) is 0.348. The predicted molar refractivity (Wildman–Crippen MR) is 118 cm³/mol. The van der Waals surface area contributed by atoms with Crippen molar-refractivity contribution in [1.29, 1.82) is 0 Å². The van der Waals surface area contributed by atoms with E-state index in [4.69, 9.17) is 9.47 Å². The second-order valence-corrected chi connectivity index (χ2v) is 7.93. The van der Waals surface area contributed by atoms with Gasteiger partial charge in [-0.15, -0.1) is 0 Å². The first kappa shape index (κ1) is 20.5. The van der Waals surface area contributed by atoms with Gasteiger partial charge in [-0.3, -0.25) is 4.79 Å². The van der Waals surface area contributed by atoms with Crippen LogP contribution in [-0.2, 0) is 4.79 Å². The lowest BCUT2D eigenvalue weighted by Gasteiger charge is -2.19. The fourth-order valence-corrected chi connectivity index (χ4v) is 3.78. The van der Waals surface area contributed by atoms with Crippen molar-refractivity contribution in [3.8, 4) is 11.5 Å². The highest BCUT2D eigenvalue weighted by molar-refractivity contribution is 9.10. The van der Waals surface area contributed by atoms with Gasteiger partial charge < -0.3 is 14.4 Å². The van der Waals surface area contributed by atoms with Crippen LogP contribution >= 0.6 is 15.9 Å². The first-order valence-corrected chi connectivity index (χ1v) is 10.5. The predicted octanol–water partition coefficient (Wildman–Crippen LogP) is 5.79. The fourth-order valence-electron chi connectivity index (χ4n) is 3.35. The number of benzene rings is 2. The number of para-hydroxylation sites is 1. The normalized spacial score (nSPS) is 14.7. The number of rotatable bonds is 7. The molecule has 148 valence electrons. The minimum absolute atomic E-state index is 0.0358. The van der Waals surface area contributed by atoms with Gasteiger partial charge in [0.1, 0.15) is 0 Å². The third-order valence-corrected chi connectivity index (χ3v) is 5.16. The molecule has 0 aromatic heterocycles. The Bertz CT molecular complexity index is 905. The molecule has 0 spiro atoms. The molecule has 2 aromatic carbocycles. The van der Waals surface area contributed by atoms with Gasteiger partial charge in [0.25, 0.3) is 5.91 Å².